The Morgan fingerprint density at radius 2 is 1.78 bits per heavy atom. The summed E-state index contributed by atoms with van der Waals surface area (Å²) < 4.78 is 34.9. The Morgan fingerprint density at radius 3 is 2.44 bits per heavy atom. The highest BCUT2D eigenvalue weighted by molar-refractivity contribution is 5.92. The lowest BCUT2D eigenvalue weighted by Crippen LogP contribution is -2.01. The van der Waals surface area contributed by atoms with Crippen LogP contribution in [0.25, 0.3) is 33.6 Å². The molecular weight excluding hydrogens is 352 g/mol. The third-order valence-corrected chi connectivity index (χ3v) is 3.96. The van der Waals surface area contributed by atoms with E-state index in [2.05, 4.69) is 14.7 Å². The summed E-state index contributed by atoms with van der Waals surface area (Å²) in [6, 6.07) is 15.2. The predicted molar refractivity (Wildman–Crippen MR) is 94.0 cm³/mol. The monoisotopic (exact) mass is 363 g/mol. The Labute approximate surface area is 152 Å². The fourth-order valence-corrected chi connectivity index (χ4v) is 2.73. The number of furan rings is 1. The van der Waals surface area contributed by atoms with E-state index >= 15 is 0 Å². The summed E-state index contributed by atoms with van der Waals surface area (Å²) in [4.78, 5) is 8.39. The molecule has 132 valence electrons. The summed E-state index contributed by atoms with van der Waals surface area (Å²) >= 11 is 0. The van der Waals surface area contributed by atoms with Crippen molar-refractivity contribution in [1.29, 1.82) is 5.26 Å². The molecule has 0 N–H and O–H groups in total. The van der Waals surface area contributed by atoms with Gasteiger partial charge in [-0.05, 0) is 42.5 Å². The summed E-state index contributed by atoms with van der Waals surface area (Å²) in [5.74, 6) is 0.627. The van der Waals surface area contributed by atoms with Gasteiger partial charge in [-0.2, -0.15) is 14.0 Å². The number of hydrogen-bond acceptors (Lipinski definition) is 5. The van der Waals surface area contributed by atoms with Gasteiger partial charge in [0.15, 0.2) is 5.58 Å². The summed E-state index contributed by atoms with van der Waals surface area (Å²) in [5.41, 5.74) is 3.85. The van der Waals surface area contributed by atoms with E-state index in [0.29, 0.717) is 28.1 Å². The molecule has 5 nitrogen and oxygen atoms in total. The third-order valence-electron chi connectivity index (χ3n) is 3.96. The topological polar surface area (TPSA) is 71.9 Å². The van der Waals surface area contributed by atoms with E-state index in [0.717, 1.165) is 11.1 Å². The van der Waals surface area contributed by atoms with Crippen LogP contribution in [-0.2, 0) is 0 Å². The first kappa shape index (κ1) is 16.7. The predicted octanol–water partition coefficient (Wildman–Crippen LogP) is 5.03. The van der Waals surface area contributed by atoms with Crippen LogP contribution in [0.5, 0.6) is 5.75 Å². The molecule has 0 fully saturated rings. The molecule has 0 atom stereocenters. The number of nitrogens with zero attached hydrogens (tertiary/aromatic N) is 3. The van der Waals surface area contributed by atoms with Crippen LogP contribution >= 0.6 is 0 Å². The van der Waals surface area contributed by atoms with Crippen molar-refractivity contribution in [3.05, 3.63) is 66.6 Å². The minimum atomic E-state index is -2.87. The number of benzene rings is 1. The lowest BCUT2D eigenvalue weighted by molar-refractivity contribution is -0.0498. The first-order valence-electron chi connectivity index (χ1n) is 7.94. The van der Waals surface area contributed by atoms with Gasteiger partial charge in [-0.15, -0.1) is 0 Å². The molecule has 0 aliphatic rings. The maximum absolute atomic E-state index is 12.3. The summed E-state index contributed by atoms with van der Waals surface area (Å²) in [7, 11) is 0. The average molecular weight is 363 g/mol. The molecule has 3 heterocycles. The molecule has 3 aromatic heterocycles. The molecule has 0 amide bonds. The van der Waals surface area contributed by atoms with Gasteiger partial charge in [0, 0.05) is 35.2 Å². The Hall–Kier alpha value is -3.79. The molecule has 0 aliphatic heterocycles. The summed E-state index contributed by atoms with van der Waals surface area (Å²) in [5, 5.41) is 8.88. The average Bonchev–Trinajstić information content (AvgIpc) is 3.12. The molecule has 4 rings (SSSR count). The Bertz CT molecular complexity index is 1130. The number of alkyl halides is 2. The minimum absolute atomic E-state index is 0.0762. The molecule has 7 heteroatoms. The molecule has 1 aromatic carbocycles. The fraction of sp³-hybridized carbons (Fsp3) is 0.0500. The Morgan fingerprint density at radius 1 is 1.00 bits per heavy atom. The number of halogens is 2. The Balaban J connectivity index is 1.73. The molecule has 0 saturated carbocycles. The molecule has 0 aliphatic carbocycles. The number of pyridine rings is 2. The molecule has 0 saturated heterocycles. The van der Waals surface area contributed by atoms with Gasteiger partial charge < -0.3 is 9.15 Å². The Kier molecular flexibility index (Phi) is 4.22. The second-order valence-electron chi connectivity index (χ2n) is 5.63. The van der Waals surface area contributed by atoms with Gasteiger partial charge in [0.25, 0.3) is 0 Å². The first-order valence-corrected chi connectivity index (χ1v) is 7.94. The lowest BCUT2D eigenvalue weighted by Gasteiger charge is -2.04. The van der Waals surface area contributed by atoms with Crippen LogP contribution in [0.3, 0.4) is 0 Å². The van der Waals surface area contributed by atoms with Gasteiger partial charge in [0.05, 0.1) is 0 Å². The van der Waals surface area contributed by atoms with Crippen molar-refractivity contribution in [2.75, 3.05) is 0 Å². The van der Waals surface area contributed by atoms with Gasteiger partial charge in [-0.1, -0.05) is 0 Å². The van der Waals surface area contributed by atoms with E-state index in [9.17, 15) is 8.78 Å². The van der Waals surface area contributed by atoms with Crippen molar-refractivity contribution in [2.24, 2.45) is 0 Å². The van der Waals surface area contributed by atoms with Crippen LogP contribution in [0.1, 0.15) is 5.69 Å². The zero-order valence-corrected chi connectivity index (χ0v) is 13.8. The highest BCUT2D eigenvalue weighted by Gasteiger charge is 2.13. The van der Waals surface area contributed by atoms with Crippen LogP contribution in [-0.4, -0.2) is 16.6 Å². The van der Waals surface area contributed by atoms with Crippen molar-refractivity contribution in [3.63, 3.8) is 0 Å². The van der Waals surface area contributed by atoms with E-state index < -0.39 is 6.61 Å². The number of fused-ring (bicyclic) bond motifs is 1. The normalized spacial score (nSPS) is 10.9. The molecule has 4 aromatic rings. The number of ether oxygens (including phenoxy) is 1. The zero-order valence-electron chi connectivity index (χ0n) is 13.8. The van der Waals surface area contributed by atoms with Gasteiger partial charge in [-0.3, -0.25) is 4.98 Å². The van der Waals surface area contributed by atoms with Gasteiger partial charge in [0.1, 0.15) is 28.8 Å². The number of rotatable bonds is 4. The van der Waals surface area contributed by atoms with Crippen LogP contribution in [0.2, 0.25) is 0 Å². The van der Waals surface area contributed by atoms with Crippen LogP contribution in [0.15, 0.2) is 65.3 Å². The summed E-state index contributed by atoms with van der Waals surface area (Å²) in [6.45, 7) is -2.87. The SMILES string of the molecule is N#Cc1ccc(-c2ccnc3cc(-c4ccc(OC(F)F)cc4)oc23)cn1. The number of nitriles is 1. The highest BCUT2D eigenvalue weighted by atomic mass is 19.3. The molecule has 0 bridgehead atoms. The zero-order chi connectivity index (χ0) is 18.8. The maximum atomic E-state index is 12.3. The third kappa shape index (κ3) is 3.33. The van der Waals surface area contributed by atoms with Crippen LogP contribution in [0, 0.1) is 11.3 Å². The van der Waals surface area contributed by atoms with E-state index in [-0.39, 0.29) is 5.75 Å². The van der Waals surface area contributed by atoms with Gasteiger partial charge in [0.2, 0.25) is 0 Å². The second kappa shape index (κ2) is 6.84. The smallest absolute Gasteiger partial charge is 0.387 e. The maximum Gasteiger partial charge on any atom is 0.387 e. The highest BCUT2D eigenvalue weighted by Crippen LogP contribution is 2.34. The van der Waals surface area contributed by atoms with E-state index in [1.807, 2.05) is 6.07 Å². The van der Waals surface area contributed by atoms with E-state index in [4.69, 9.17) is 9.68 Å². The van der Waals surface area contributed by atoms with Crippen molar-refractivity contribution < 1.29 is 17.9 Å². The van der Waals surface area contributed by atoms with Crippen molar-refractivity contribution in [2.45, 2.75) is 6.61 Å². The number of hydrogen-bond donors (Lipinski definition) is 0. The fourth-order valence-electron chi connectivity index (χ4n) is 2.73. The largest absolute Gasteiger partial charge is 0.454 e. The summed E-state index contributed by atoms with van der Waals surface area (Å²) in [6.07, 6.45) is 3.26. The molecule has 0 spiro atoms. The lowest BCUT2D eigenvalue weighted by atomic mass is 10.1. The number of aromatic nitrogens is 2. The molecule has 27 heavy (non-hydrogen) atoms. The minimum Gasteiger partial charge on any atom is -0.454 e. The van der Waals surface area contributed by atoms with Crippen LogP contribution in [0.4, 0.5) is 8.78 Å². The van der Waals surface area contributed by atoms with E-state index in [1.165, 1.54) is 12.1 Å². The van der Waals surface area contributed by atoms with Gasteiger partial charge >= 0.3 is 6.61 Å². The van der Waals surface area contributed by atoms with Crippen molar-refractivity contribution >= 4 is 11.1 Å². The molecular formula is C20H11F2N3O2. The van der Waals surface area contributed by atoms with Crippen molar-refractivity contribution in [3.8, 4) is 34.3 Å². The standard InChI is InChI=1S/C20H11F2N3O2/c21-20(22)26-15-5-2-12(3-6-15)18-9-17-19(27-18)16(7-8-24-17)13-1-4-14(10-23)25-11-13/h1-9,11,20H. The first-order chi connectivity index (χ1) is 13.1. The van der Waals surface area contributed by atoms with E-state index in [1.54, 1.807) is 48.8 Å². The molecule has 0 radical (unpaired) electrons. The van der Waals surface area contributed by atoms with Gasteiger partial charge in [-0.25, -0.2) is 4.98 Å². The van der Waals surface area contributed by atoms with Crippen LogP contribution < -0.4 is 4.74 Å². The van der Waals surface area contributed by atoms with Crippen molar-refractivity contribution in [1.82, 2.24) is 9.97 Å². The second-order valence-corrected chi connectivity index (χ2v) is 5.63. The molecule has 0 unspecified atom stereocenters. The quantitative estimate of drug-likeness (QED) is 0.508.